The van der Waals surface area contributed by atoms with Crippen molar-refractivity contribution in [3.05, 3.63) is 65.4 Å². The molecule has 1 N–H and O–H groups in total. The normalized spacial score (nSPS) is 17.5. The Labute approximate surface area is 221 Å². The third kappa shape index (κ3) is 4.78. The highest BCUT2D eigenvalue weighted by Crippen LogP contribution is 2.34. The lowest BCUT2D eigenvalue weighted by atomic mass is 9.87. The Hall–Kier alpha value is -4.08. The van der Waals surface area contributed by atoms with Gasteiger partial charge in [0.2, 0.25) is 11.8 Å². The standard InChI is InChI=1S/C28H32FN7O2/c1-6-35(27(37)17(2)20-14-24(38-5)30-15-22(20)29)16-28(4)11-10-19-13-21(18(3)31-25(19)33-28)26-32-23-9-7-8-12-36(23)34-26/h7-9,12-15,17H,6,10-11,16H2,1-5H3,(H,31,33)/t17-,28-/m1/s1. The van der Waals surface area contributed by atoms with E-state index >= 15 is 0 Å². The van der Waals surface area contributed by atoms with Crippen LogP contribution in [0, 0.1) is 12.7 Å². The Kier molecular flexibility index (Phi) is 6.73. The van der Waals surface area contributed by atoms with Gasteiger partial charge in [0.1, 0.15) is 11.6 Å². The first kappa shape index (κ1) is 25.6. The topological polar surface area (TPSA) is 97.5 Å². The fraction of sp³-hybridized carbons (Fsp3) is 0.393. The van der Waals surface area contributed by atoms with Gasteiger partial charge in [-0.1, -0.05) is 6.07 Å². The number of carbonyl (C=O) groups is 1. The predicted molar refractivity (Wildman–Crippen MR) is 143 cm³/mol. The van der Waals surface area contributed by atoms with Crippen LogP contribution in [0.3, 0.4) is 0 Å². The molecule has 10 heteroatoms. The first-order chi connectivity index (χ1) is 18.2. The Morgan fingerprint density at radius 3 is 2.87 bits per heavy atom. The summed E-state index contributed by atoms with van der Waals surface area (Å²) in [4.78, 5) is 28.6. The van der Waals surface area contributed by atoms with Gasteiger partial charge in [0, 0.05) is 36.5 Å². The Morgan fingerprint density at radius 2 is 2.13 bits per heavy atom. The molecule has 38 heavy (non-hydrogen) atoms. The van der Waals surface area contributed by atoms with E-state index in [1.165, 1.54) is 13.2 Å². The molecular formula is C28H32FN7O2. The predicted octanol–water partition coefficient (Wildman–Crippen LogP) is 4.41. The maximum atomic E-state index is 14.5. The number of halogens is 1. The number of aryl methyl sites for hydroxylation is 2. The van der Waals surface area contributed by atoms with Crippen LogP contribution in [-0.4, -0.2) is 61.1 Å². The molecule has 9 nitrogen and oxygen atoms in total. The molecule has 0 saturated heterocycles. The van der Waals surface area contributed by atoms with E-state index in [-0.39, 0.29) is 17.4 Å². The minimum absolute atomic E-state index is 0.147. The molecule has 4 aromatic heterocycles. The highest BCUT2D eigenvalue weighted by Gasteiger charge is 2.35. The van der Waals surface area contributed by atoms with Crippen molar-refractivity contribution in [3.8, 4) is 17.3 Å². The van der Waals surface area contributed by atoms with Gasteiger partial charge in [0.25, 0.3) is 0 Å². The number of rotatable bonds is 7. The van der Waals surface area contributed by atoms with Crippen molar-refractivity contribution in [1.29, 1.82) is 0 Å². The smallest absolute Gasteiger partial charge is 0.230 e. The molecule has 0 saturated carbocycles. The molecule has 0 unspecified atom stereocenters. The van der Waals surface area contributed by atoms with Crippen LogP contribution < -0.4 is 10.1 Å². The van der Waals surface area contributed by atoms with E-state index in [1.54, 1.807) is 16.3 Å². The monoisotopic (exact) mass is 517 g/mol. The molecule has 0 aromatic carbocycles. The quantitative estimate of drug-likeness (QED) is 0.388. The maximum Gasteiger partial charge on any atom is 0.230 e. The number of hydrogen-bond donors (Lipinski definition) is 1. The van der Waals surface area contributed by atoms with Crippen LogP contribution in [0.4, 0.5) is 10.2 Å². The third-order valence-corrected chi connectivity index (χ3v) is 7.28. The van der Waals surface area contributed by atoms with E-state index in [0.717, 1.165) is 47.3 Å². The second-order valence-electron chi connectivity index (χ2n) is 10.1. The molecule has 0 bridgehead atoms. The van der Waals surface area contributed by atoms with Crippen molar-refractivity contribution >= 4 is 17.4 Å². The van der Waals surface area contributed by atoms with Crippen LogP contribution in [0.2, 0.25) is 0 Å². The first-order valence-electron chi connectivity index (χ1n) is 12.8. The average molecular weight is 518 g/mol. The largest absolute Gasteiger partial charge is 0.481 e. The summed E-state index contributed by atoms with van der Waals surface area (Å²) in [5.41, 5.74) is 3.50. The maximum absolute atomic E-state index is 14.5. The summed E-state index contributed by atoms with van der Waals surface area (Å²) >= 11 is 0. The molecule has 2 atom stereocenters. The van der Waals surface area contributed by atoms with Crippen molar-refractivity contribution in [2.75, 3.05) is 25.5 Å². The van der Waals surface area contributed by atoms with Gasteiger partial charge in [-0.05, 0) is 64.3 Å². The summed E-state index contributed by atoms with van der Waals surface area (Å²) in [5, 5.41) is 8.20. The fourth-order valence-electron chi connectivity index (χ4n) is 5.05. The molecule has 1 aliphatic heterocycles. The van der Waals surface area contributed by atoms with E-state index in [4.69, 9.17) is 9.72 Å². The zero-order valence-corrected chi connectivity index (χ0v) is 22.3. The van der Waals surface area contributed by atoms with Crippen LogP contribution in [0.1, 0.15) is 49.9 Å². The van der Waals surface area contributed by atoms with Gasteiger partial charge >= 0.3 is 0 Å². The van der Waals surface area contributed by atoms with Crippen molar-refractivity contribution in [2.24, 2.45) is 0 Å². The summed E-state index contributed by atoms with van der Waals surface area (Å²) < 4.78 is 21.4. The second kappa shape index (κ2) is 10.00. The molecule has 1 aliphatic rings. The molecule has 5 heterocycles. The molecule has 1 amide bonds. The van der Waals surface area contributed by atoms with E-state index < -0.39 is 17.3 Å². The number of anilines is 1. The van der Waals surface area contributed by atoms with Gasteiger partial charge < -0.3 is 15.0 Å². The van der Waals surface area contributed by atoms with Crippen LogP contribution in [0.5, 0.6) is 5.88 Å². The highest BCUT2D eigenvalue weighted by molar-refractivity contribution is 5.83. The molecule has 0 spiro atoms. The Morgan fingerprint density at radius 1 is 1.32 bits per heavy atom. The number of amides is 1. The lowest BCUT2D eigenvalue weighted by Gasteiger charge is -2.40. The lowest BCUT2D eigenvalue weighted by Crippen LogP contribution is -2.51. The van der Waals surface area contributed by atoms with E-state index in [1.807, 2.05) is 38.2 Å². The van der Waals surface area contributed by atoms with Crippen molar-refractivity contribution in [2.45, 2.75) is 52.0 Å². The van der Waals surface area contributed by atoms with Crippen molar-refractivity contribution < 1.29 is 13.9 Å². The van der Waals surface area contributed by atoms with Crippen LogP contribution in [-0.2, 0) is 11.2 Å². The molecule has 0 aliphatic carbocycles. The summed E-state index contributed by atoms with van der Waals surface area (Å²) in [5.74, 6) is 0.396. The van der Waals surface area contributed by atoms with Gasteiger partial charge in [0.05, 0.1) is 30.5 Å². The third-order valence-electron chi connectivity index (χ3n) is 7.28. The molecular weight excluding hydrogens is 485 g/mol. The number of fused-ring (bicyclic) bond motifs is 2. The SMILES string of the molecule is CCN(C[C@@]1(C)CCc2cc(-c3nc4ccccn4n3)c(C)nc2N1)C(=O)[C@H](C)c1cc(OC)ncc1F. The van der Waals surface area contributed by atoms with Crippen LogP contribution in [0.25, 0.3) is 17.0 Å². The molecule has 4 aromatic rings. The zero-order valence-electron chi connectivity index (χ0n) is 22.3. The molecule has 0 radical (unpaired) electrons. The van der Waals surface area contributed by atoms with Gasteiger partial charge in [-0.15, -0.1) is 5.10 Å². The van der Waals surface area contributed by atoms with Gasteiger partial charge in [-0.3, -0.25) is 4.79 Å². The zero-order chi connectivity index (χ0) is 27.0. The molecule has 198 valence electrons. The number of nitrogens with zero attached hydrogens (tertiary/aromatic N) is 6. The van der Waals surface area contributed by atoms with Crippen LogP contribution in [0.15, 0.2) is 42.7 Å². The molecule has 0 fully saturated rings. The Bertz CT molecular complexity index is 1470. The number of pyridine rings is 3. The van der Waals surface area contributed by atoms with E-state index in [0.29, 0.717) is 18.9 Å². The average Bonchev–Trinajstić information content (AvgIpc) is 3.35. The van der Waals surface area contributed by atoms with Crippen LogP contribution >= 0.6 is 0 Å². The second-order valence-corrected chi connectivity index (χ2v) is 10.1. The van der Waals surface area contributed by atoms with Gasteiger partial charge in [-0.25, -0.2) is 23.9 Å². The van der Waals surface area contributed by atoms with E-state index in [9.17, 15) is 9.18 Å². The highest BCUT2D eigenvalue weighted by atomic mass is 19.1. The minimum atomic E-state index is -0.674. The first-order valence-corrected chi connectivity index (χ1v) is 12.8. The number of methoxy groups -OCH3 is 1. The lowest BCUT2D eigenvalue weighted by molar-refractivity contribution is -0.133. The number of ether oxygens (including phenoxy) is 1. The van der Waals surface area contributed by atoms with Gasteiger partial charge in [0.15, 0.2) is 11.5 Å². The summed E-state index contributed by atoms with van der Waals surface area (Å²) in [7, 11) is 1.47. The molecule has 5 rings (SSSR count). The fourth-order valence-corrected chi connectivity index (χ4v) is 5.05. The number of carbonyl (C=O) groups excluding carboxylic acids is 1. The Balaban J connectivity index is 1.35. The van der Waals surface area contributed by atoms with Crippen molar-refractivity contribution in [3.63, 3.8) is 0 Å². The summed E-state index contributed by atoms with van der Waals surface area (Å²) in [6.45, 7) is 8.67. The number of aromatic nitrogens is 5. The number of hydrogen-bond acceptors (Lipinski definition) is 7. The number of likely N-dealkylation sites (N-methyl/N-ethyl adjacent to an activating group) is 1. The van der Waals surface area contributed by atoms with Gasteiger partial charge in [-0.2, -0.15) is 0 Å². The minimum Gasteiger partial charge on any atom is -0.481 e. The summed E-state index contributed by atoms with van der Waals surface area (Å²) in [6, 6.07) is 9.38. The summed E-state index contributed by atoms with van der Waals surface area (Å²) in [6.07, 6.45) is 4.57. The van der Waals surface area contributed by atoms with E-state index in [2.05, 4.69) is 33.4 Å². The van der Waals surface area contributed by atoms with Crippen molar-refractivity contribution in [1.82, 2.24) is 29.5 Å². The number of nitrogens with one attached hydrogen (secondary N) is 1.